The van der Waals surface area contributed by atoms with Crippen LogP contribution in [0.5, 0.6) is 5.75 Å². The number of rotatable bonds is 7. The minimum Gasteiger partial charge on any atom is -0.489 e. The number of imide groups is 1. The molecule has 6 nitrogen and oxygen atoms in total. The van der Waals surface area contributed by atoms with Gasteiger partial charge in [-0.15, -0.1) is 0 Å². The second kappa shape index (κ2) is 9.23. The Labute approximate surface area is 163 Å². The summed E-state index contributed by atoms with van der Waals surface area (Å²) in [5.74, 6) is 0.190. The van der Waals surface area contributed by atoms with Crippen LogP contribution in [0, 0.1) is 0 Å². The summed E-state index contributed by atoms with van der Waals surface area (Å²) in [4.78, 5) is 23.5. The van der Waals surface area contributed by atoms with Crippen molar-refractivity contribution in [3.63, 3.8) is 0 Å². The first-order valence-corrected chi connectivity index (χ1v) is 8.80. The Kier molecular flexibility index (Phi) is 6.25. The Morgan fingerprint density at radius 2 is 1.46 bits per heavy atom. The summed E-state index contributed by atoms with van der Waals surface area (Å²) in [5, 5.41) is 5.25. The number of urea groups is 1. The van der Waals surface area contributed by atoms with Crippen LogP contribution in [0.25, 0.3) is 0 Å². The maximum absolute atomic E-state index is 12.4. The molecule has 3 aromatic rings. The molecule has 142 valence electrons. The maximum atomic E-state index is 12.4. The van der Waals surface area contributed by atoms with Crippen LogP contribution in [-0.2, 0) is 11.4 Å². The summed E-state index contributed by atoms with van der Waals surface area (Å²) in [7, 11) is 0. The summed E-state index contributed by atoms with van der Waals surface area (Å²) >= 11 is 0. The Morgan fingerprint density at radius 1 is 0.857 bits per heavy atom. The Hall–Kier alpha value is -3.80. The van der Waals surface area contributed by atoms with Crippen molar-refractivity contribution in [2.24, 2.45) is 5.73 Å². The van der Waals surface area contributed by atoms with Crippen molar-refractivity contribution in [3.05, 3.63) is 96.1 Å². The number of carbonyl (C=O) groups is 2. The Morgan fingerprint density at radius 3 is 2.07 bits per heavy atom. The molecule has 4 N–H and O–H groups in total. The molecule has 0 aliphatic rings. The van der Waals surface area contributed by atoms with Gasteiger partial charge in [0, 0.05) is 5.69 Å². The van der Waals surface area contributed by atoms with Crippen LogP contribution in [0.4, 0.5) is 10.5 Å². The van der Waals surface area contributed by atoms with E-state index in [0.29, 0.717) is 23.6 Å². The molecule has 0 aliphatic heterocycles. The monoisotopic (exact) mass is 375 g/mol. The SMILES string of the molecule is NC(=O)NC(=O)[C@H](Nc1ccc(OCc2ccccc2)cc1)c1ccccc1. The minimum atomic E-state index is -0.891. The lowest BCUT2D eigenvalue weighted by Gasteiger charge is -2.19. The summed E-state index contributed by atoms with van der Waals surface area (Å²) in [5.41, 5.74) is 7.59. The molecule has 0 aromatic heterocycles. The normalized spacial score (nSPS) is 11.3. The highest BCUT2D eigenvalue weighted by atomic mass is 16.5. The number of nitrogens with two attached hydrogens (primary N) is 1. The molecule has 3 aromatic carbocycles. The van der Waals surface area contributed by atoms with Gasteiger partial charge in [0.2, 0.25) is 0 Å². The number of hydrogen-bond donors (Lipinski definition) is 3. The van der Waals surface area contributed by atoms with Crippen LogP contribution < -0.4 is 21.1 Å². The zero-order valence-electron chi connectivity index (χ0n) is 15.2. The Balaban J connectivity index is 1.68. The number of amides is 3. The van der Waals surface area contributed by atoms with E-state index in [9.17, 15) is 9.59 Å². The van der Waals surface area contributed by atoms with Crippen LogP contribution in [0.3, 0.4) is 0 Å². The third kappa shape index (κ3) is 5.35. The third-order valence-corrected chi connectivity index (χ3v) is 4.06. The number of carbonyl (C=O) groups excluding carboxylic acids is 2. The molecule has 3 rings (SSSR count). The van der Waals surface area contributed by atoms with E-state index in [2.05, 4.69) is 10.6 Å². The van der Waals surface area contributed by atoms with Crippen LogP contribution in [0.15, 0.2) is 84.9 Å². The predicted octanol–water partition coefficient (Wildman–Crippen LogP) is 3.61. The molecule has 3 amide bonds. The fourth-order valence-corrected chi connectivity index (χ4v) is 2.69. The van der Waals surface area contributed by atoms with E-state index in [0.717, 1.165) is 5.56 Å². The fourth-order valence-electron chi connectivity index (χ4n) is 2.69. The van der Waals surface area contributed by atoms with E-state index in [-0.39, 0.29) is 0 Å². The van der Waals surface area contributed by atoms with Crippen molar-refractivity contribution in [1.29, 1.82) is 0 Å². The molecule has 28 heavy (non-hydrogen) atoms. The van der Waals surface area contributed by atoms with E-state index in [4.69, 9.17) is 10.5 Å². The largest absolute Gasteiger partial charge is 0.489 e. The molecule has 0 aliphatic carbocycles. The van der Waals surface area contributed by atoms with E-state index >= 15 is 0 Å². The number of primary amides is 1. The summed E-state index contributed by atoms with van der Waals surface area (Å²) in [6.07, 6.45) is 0. The van der Waals surface area contributed by atoms with Crippen molar-refractivity contribution < 1.29 is 14.3 Å². The zero-order valence-corrected chi connectivity index (χ0v) is 15.2. The van der Waals surface area contributed by atoms with Crippen molar-refractivity contribution in [3.8, 4) is 5.75 Å². The minimum absolute atomic E-state index is 0.473. The van der Waals surface area contributed by atoms with Crippen molar-refractivity contribution in [1.82, 2.24) is 5.32 Å². The van der Waals surface area contributed by atoms with E-state index in [1.54, 1.807) is 12.1 Å². The average molecular weight is 375 g/mol. The van der Waals surface area contributed by atoms with Gasteiger partial charge in [-0.1, -0.05) is 60.7 Å². The average Bonchev–Trinajstić information content (AvgIpc) is 2.72. The molecule has 0 spiro atoms. The molecule has 0 unspecified atom stereocenters. The smallest absolute Gasteiger partial charge is 0.318 e. The van der Waals surface area contributed by atoms with Gasteiger partial charge in [-0.25, -0.2) is 4.79 Å². The molecule has 6 heteroatoms. The fraction of sp³-hybridized carbons (Fsp3) is 0.0909. The van der Waals surface area contributed by atoms with Gasteiger partial charge in [-0.05, 0) is 35.4 Å². The highest BCUT2D eigenvalue weighted by molar-refractivity contribution is 5.98. The zero-order chi connectivity index (χ0) is 19.8. The van der Waals surface area contributed by atoms with Gasteiger partial charge in [0.1, 0.15) is 18.4 Å². The molecule has 0 saturated carbocycles. The second-order valence-electron chi connectivity index (χ2n) is 6.14. The maximum Gasteiger partial charge on any atom is 0.318 e. The van der Waals surface area contributed by atoms with Gasteiger partial charge >= 0.3 is 6.03 Å². The topological polar surface area (TPSA) is 93.5 Å². The van der Waals surface area contributed by atoms with E-state index in [1.807, 2.05) is 72.8 Å². The van der Waals surface area contributed by atoms with Gasteiger partial charge < -0.3 is 15.8 Å². The number of ether oxygens (including phenoxy) is 1. The predicted molar refractivity (Wildman–Crippen MR) is 108 cm³/mol. The van der Waals surface area contributed by atoms with E-state index < -0.39 is 18.0 Å². The van der Waals surface area contributed by atoms with E-state index in [1.165, 1.54) is 0 Å². The molecule has 0 bridgehead atoms. The van der Waals surface area contributed by atoms with Gasteiger partial charge in [0.25, 0.3) is 5.91 Å². The molecular weight excluding hydrogens is 354 g/mol. The van der Waals surface area contributed by atoms with Crippen LogP contribution in [-0.4, -0.2) is 11.9 Å². The first-order valence-electron chi connectivity index (χ1n) is 8.80. The summed E-state index contributed by atoms with van der Waals surface area (Å²) in [6.45, 7) is 0.473. The lowest BCUT2D eigenvalue weighted by molar-refractivity contribution is -0.120. The molecule has 0 radical (unpaired) electrons. The Bertz CT molecular complexity index is 913. The summed E-state index contributed by atoms with van der Waals surface area (Å²) < 4.78 is 5.77. The standard InChI is InChI=1S/C22H21N3O3/c23-22(27)25-21(26)20(17-9-5-2-6-10-17)24-18-11-13-19(14-12-18)28-15-16-7-3-1-4-8-16/h1-14,20,24H,15H2,(H3,23,25,26,27)/t20-/m1/s1. The first-order chi connectivity index (χ1) is 13.6. The van der Waals surface area contributed by atoms with Crippen molar-refractivity contribution in [2.45, 2.75) is 12.6 Å². The van der Waals surface area contributed by atoms with Gasteiger partial charge in [0.15, 0.2) is 0 Å². The highest BCUT2D eigenvalue weighted by Gasteiger charge is 2.21. The molecular formula is C22H21N3O3. The van der Waals surface area contributed by atoms with Crippen LogP contribution in [0.2, 0.25) is 0 Å². The van der Waals surface area contributed by atoms with Gasteiger partial charge in [-0.3, -0.25) is 10.1 Å². The first kappa shape index (κ1) is 19.0. The molecule has 1 atom stereocenters. The van der Waals surface area contributed by atoms with Gasteiger partial charge in [0.05, 0.1) is 0 Å². The van der Waals surface area contributed by atoms with Gasteiger partial charge in [-0.2, -0.15) is 0 Å². The second-order valence-corrected chi connectivity index (χ2v) is 6.14. The highest BCUT2D eigenvalue weighted by Crippen LogP contribution is 2.22. The quantitative estimate of drug-likeness (QED) is 0.588. The third-order valence-electron chi connectivity index (χ3n) is 4.06. The molecule has 0 heterocycles. The molecule has 0 fully saturated rings. The van der Waals surface area contributed by atoms with Crippen molar-refractivity contribution >= 4 is 17.6 Å². The van der Waals surface area contributed by atoms with Crippen molar-refractivity contribution in [2.75, 3.05) is 5.32 Å². The number of anilines is 1. The lowest BCUT2D eigenvalue weighted by atomic mass is 10.1. The van der Waals surface area contributed by atoms with Crippen LogP contribution >= 0.6 is 0 Å². The number of nitrogens with one attached hydrogen (secondary N) is 2. The lowest BCUT2D eigenvalue weighted by Crippen LogP contribution is -2.40. The summed E-state index contributed by atoms with van der Waals surface area (Å²) in [6, 6.07) is 24.6. The number of hydrogen-bond acceptors (Lipinski definition) is 4. The molecule has 0 saturated heterocycles. The number of benzene rings is 3. The van der Waals surface area contributed by atoms with Crippen LogP contribution in [0.1, 0.15) is 17.2 Å².